The molecule has 0 radical (unpaired) electrons. The van der Waals surface area contributed by atoms with Crippen LogP contribution in [0.5, 0.6) is 5.88 Å². The second-order valence-electron chi connectivity index (χ2n) is 6.49. The molecule has 0 unspecified atom stereocenters. The highest BCUT2D eigenvalue weighted by Crippen LogP contribution is 2.25. The summed E-state index contributed by atoms with van der Waals surface area (Å²) in [5.74, 6) is 0.623. The van der Waals surface area contributed by atoms with E-state index in [1.165, 1.54) is 7.11 Å². The molecule has 0 amide bonds. The Morgan fingerprint density at radius 1 is 1.12 bits per heavy atom. The van der Waals surface area contributed by atoms with Crippen LogP contribution in [0.2, 0.25) is 0 Å². The molecule has 5 nitrogen and oxygen atoms in total. The number of alkyl halides is 1. The Labute approximate surface area is 154 Å². The van der Waals surface area contributed by atoms with Gasteiger partial charge in [0.1, 0.15) is 6.67 Å². The van der Waals surface area contributed by atoms with Crippen LogP contribution in [-0.2, 0) is 4.74 Å². The van der Waals surface area contributed by atoms with E-state index in [4.69, 9.17) is 15.2 Å². The number of halogens is 1. The topological polar surface area (TPSA) is 60.6 Å². The summed E-state index contributed by atoms with van der Waals surface area (Å²) >= 11 is 0. The number of ether oxygens (including phenoxy) is 2. The van der Waals surface area contributed by atoms with Gasteiger partial charge >= 0.3 is 0 Å². The van der Waals surface area contributed by atoms with E-state index in [-0.39, 0.29) is 0 Å². The van der Waals surface area contributed by atoms with Crippen molar-refractivity contribution in [2.75, 3.05) is 41.0 Å². The molecule has 0 saturated carbocycles. The zero-order chi connectivity index (χ0) is 18.9. The average molecular weight is 361 g/mol. The Kier molecular flexibility index (Phi) is 7.97. The van der Waals surface area contributed by atoms with Crippen LogP contribution >= 0.6 is 0 Å². The van der Waals surface area contributed by atoms with Crippen molar-refractivity contribution in [1.29, 1.82) is 0 Å². The molecule has 1 aromatic carbocycles. The van der Waals surface area contributed by atoms with Crippen LogP contribution in [0, 0.1) is 0 Å². The molecule has 26 heavy (non-hydrogen) atoms. The molecule has 6 heteroatoms. The lowest BCUT2D eigenvalue weighted by Crippen LogP contribution is -2.31. The molecule has 2 aromatic rings. The van der Waals surface area contributed by atoms with Gasteiger partial charge in [0.25, 0.3) is 0 Å². The summed E-state index contributed by atoms with van der Waals surface area (Å²) in [7, 11) is 5.62. The third kappa shape index (κ3) is 5.76. The lowest BCUT2D eigenvalue weighted by molar-refractivity contribution is 0.0721. The maximum absolute atomic E-state index is 12.8. The Morgan fingerprint density at radius 2 is 1.81 bits per heavy atom. The third-order valence-corrected chi connectivity index (χ3v) is 4.13. The molecule has 2 atom stereocenters. The third-order valence-electron chi connectivity index (χ3n) is 4.13. The molecular weight excluding hydrogens is 333 g/mol. The molecule has 1 heterocycles. The van der Waals surface area contributed by atoms with Crippen LogP contribution in [0.4, 0.5) is 4.39 Å². The van der Waals surface area contributed by atoms with E-state index < -0.39 is 18.8 Å². The fourth-order valence-electron chi connectivity index (χ4n) is 2.70. The van der Waals surface area contributed by atoms with Crippen molar-refractivity contribution in [3.05, 3.63) is 48.2 Å². The number of rotatable bonds is 10. The molecule has 0 aliphatic rings. The van der Waals surface area contributed by atoms with Gasteiger partial charge in [0.15, 0.2) is 0 Å². The monoisotopic (exact) mass is 361 g/mol. The second-order valence-corrected chi connectivity index (χ2v) is 6.49. The summed E-state index contributed by atoms with van der Waals surface area (Å²) < 4.78 is 23.8. The molecular formula is C20H28FN3O2. The van der Waals surface area contributed by atoms with Crippen molar-refractivity contribution in [2.45, 2.75) is 18.6 Å². The van der Waals surface area contributed by atoms with E-state index in [1.807, 2.05) is 50.5 Å². The summed E-state index contributed by atoms with van der Waals surface area (Å²) in [4.78, 5) is 6.48. The molecule has 2 N–H and O–H groups in total. The average Bonchev–Trinajstić information content (AvgIpc) is 2.66. The first-order chi connectivity index (χ1) is 12.5. The molecule has 0 saturated heterocycles. The smallest absolute Gasteiger partial charge is 0.213 e. The molecule has 0 spiro atoms. The van der Waals surface area contributed by atoms with Crippen molar-refractivity contribution in [1.82, 2.24) is 9.88 Å². The van der Waals surface area contributed by atoms with Gasteiger partial charge in [-0.05, 0) is 37.7 Å². The van der Waals surface area contributed by atoms with Crippen LogP contribution < -0.4 is 10.5 Å². The minimum absolute atomic E-state index is 0.454. The Hall–Kier alpha value is -2.02. The van der Waals surface area contributed by atoms with Crippen molar-refractivity contribution in [2.24, 2.45) is 5.73 Å². The van der Waals surface area contributed by atoms with Gasteiger partial charge in [-0.2, -0.15) is 0 Å². The number of aromatic nitrogens is 1. The molecule has 0 fully saturated rings. The minimum atomic E-state index is -0.670. The van der Waals surface area contributed by atoms with Crippen LogP contribution in [-0.4, -0.2) is 57.0 Å². The van der Waals surface area contributed by atoms with Crippen LogP contribution in [0.1, 0.15) is 18.1 Å². The van der Waals surface area contributed by atoms with E-state index >= 15 is 0 Å². The molecule has 0 aliphatic heterocycles. The van der Waals surface area contributed by atoms with Gasteiger partial charge in [0.05, 0.1) is 18.8 Å². The number of hydrogen-bond donors (Lipinski definition) is 1. The molecule has 0 aliphatic carbocycles. The highest BCUT2D eigenvalue weighted by atomic mass is 19.1. The zero-order valence-electron chi connectivity index (χ0n) is 15.7. The van der Waals surface area contributed by atoms with Crippen LogP contribution in [0.15, 0.2) is 42.6 Å². The quantitative estimate of drug-likeness (QED) is 0.659. The predicted molar refractivity (Wildman–Crippen MR) is 102 cm³/mol. The van der Waals surface area contributed by atoms with Crippen molar-refractivity contribution in [3.63, 3.8) is 0 Å². The molecule has 2 rings (SSSR count). The fraction of sp³-hybridized carbons (Fsp3) is 0.450. The van der Waals surface area contributed by atoms with Crippen molar-refractivity contribution < 1.29 is 13.9 Å². The Balaban J connectivity index is 1.98. The highest BCUT2D eigenvalue weighted by Gasteiger charge is 2.19. The molecule has 142 valence electrons. The Bertz CT molecular complexity index is 647. The van der Waals surface area contributed by atoms with Gasteiger partial charge in [0.2, 0.25) is 5.88 Å². The van der Waals surface area contributed by atoms with Gasteiger partial charge in [-0.15, -0.1) is 0 Å². The second kappa shape index (κ2) is 10.2. The fourth-order valence-corrected chi connectivity index (χ4v) is 2.70. The standard InChI is InChI=1S/C20H28FN3O2/c1-24(2)11-4-12-26-19-10-9-17(14-23-19)15-5-7-16(8-6-15)20(25-3)18(22)13-21/h5-10,14,18,20H,4,11-13,22H2,1-3H3/t18-,20-/m1/s1. The summed E-state index contributed by atoms with van der Waals surface area (Å²) in [6.07, 6.45) is 2.29. The van der Waals surface area contributed by atoms with Gasteiger partial charge in [-0.3, -0.25) is 0 Å². The number of hydrogen-bond acceptors (Lipinski definition) is 5. The number of methoxy groups -OCH3 is 1. The Morgan fingerprint density at radius 3 is 2.35 bits per heavy atom. The highest BCUT2D eigenvalue weighted by molar-refractivity contribution is 5.63. The zero-order valence-corrected chi connectivity index (χ0v) is 15.7. The van der Waals surface area contributed by atoms with Gasteiger partial charge in [0, 0.05) is 31.5 Å². The largest absolute Gasteiger partial charge is 0.478 e. The SMILES string of the molecule is CO[C@H](c1ccc(-c2ccc(OCCCN(C)C)nc2)cc1)[C@H](N)CF. The predicted octanol–water partition coefficient (Wildman–Crippen LogP) is 3.06. The lowest BCUT2D eigenvalue weighted by Gasteiger charge is -2.20. The first kappa shape index (κ1) is 20.3. The number of pyridine rings is 1. The summed E-state index contributed by atoms with van der Waals surface area (Å²) in [6.45, 7) is 1.01. The number of benzene rings is 1. The summed E-state index contributed by atoms with van der Waals surface area (Å²) in [5, 5.41) is 0. The lowest BCUT2D eigenvalue weighted by atomic mass is 10.00. The molecule has 0 bridgehead atoms. The van der Waals surface area contributed by atoms with Gasteiger partial charge in [-0.1, -0.05) is 24.3 Å². The van der Waals surface area contributed by atoms with E-state index in [9.17, 15) is 4.39 Å². The number of nitrogens with two attached hydrogens (primary N) is 1. The minimum Gasteiger partial charge on any atom is -0.478 e. The maximum atomic E-state index is 12.8. The normalized spacial score (nSPS) is 13.6. The van der Waals surface area contributed by atoms with Crippen LogP contribution in [0.3, 0.4) is 0 Å². The van der Waals surface area contributed by atoms with Gasteiger partial charge < -0.3 is 20.1 Å². The maximum Gasteiger partial charge on any atom is 0.213 e. The first-order valence-electron chi connectivity index (χ1n) is 8.73. The number of nitrogens with zero attached hydrogens (tertiary/aromatic N) is 2. The first-order valence-corrected chi connectivity index (χ1v) is 8.73. The van der Waals surface area contributed by atoms with Crippen LogP contribution in [0.25, 0.3) is 11.1 Å². The summed E-state index contributed by atoms with van der Waals surface area (Å²) in [6, 6.07) is 10.9. The van der Waals surface area contributed by atoms with E-state index in [1.54, 1.807) is 6.20 Å². The van der Waals surface area contributed by atoms with E-state index in [2.05, 4.69) is 9.88 Å². The van der Waals surface area contributed by atoms with Gasteiger partial charge in [-0.25, -0.2) is 9.37 Å². The molecule has 1 aromatic heterocycles. The van der Waals surface area contributed by atoms with Crippen molar-refractivity contribution in [3.8, 4) is 17.0 Å². The van der Waals surface area contributed by atoms with E-state index in [0.29, 0.717) is 12.5 Å². The van der Waals surface area contributed by atoms with E-state index in [0.717, 1.165) is 29.7 Å². The van der Waals surface area contributed by atoms with Crippen molar-refractivity contribution >= 4 is 0 Å². The summed E-state index contributed by atoms with van der Waals surface area (Å²) in [5.41, 5.74) is 8.63.